The lowest BCUT2D eigenvalue weighted by molar-refractivity contribution is 0.462. The van der Waals surface area contributed by atoms with E-state index in [1.54, 1.807) is 0 Å². The van der Waals surface area contributed by atoms with Crippen molar-refractivity contribution < 1.29 is 0 Å². The van der Waals surface area contributed by atoms with Crippen molar-refractivity contribution in [1.29, 1.82) is 0 Å². The fourth-order valence-corrected chi connectivity index (χ4v) is 2.06. The highest BCUT2D eigenvalue weighted by atomic mass is 14.9. The van der Waals surface area contributed by atoms with E-state index in [9.17, 15) is 0 Å². The minimum Gasteiger partial charge on any atom is -0.310 e. The summed E-state index contributed by atoms with van der Waals surface area (Å²) in [6, 6.07) is 7.24. The maximum Gasteiger partial charge on any atom is 0.0210 e. The lowest BCUT2D eigenvalue weighted by Gasteiger charge is -2.17. The van der Waals surface area contributed by atoms with E-state index in [0.717, 1.165) is 6.54 Å². The van der Waals surface area contributed by atoms with Crippen LogP contribution in [0.5, 0.6) is 0 Å². The van der Waals surface area contributed by atoms with Gasteiger partial charge in [0.15, 0.2) is 0 Å². The molecule has 90 valence electrons. The quantitative estimate of drug-likeness (QED) is 0.763. The zero-order valence-corrected chi connectivity index (χ0v) is 11.1. The van der Waals surface area contributed by atoms with Gasteiger partial charge < -0.3 is 5.32 Å². The average Bonchev–Trinajstić information content (AvgIpc) is 2.29. The minimum atomic E-state index is 0.671. The lowest BCUT2D eigenvalue weighted by Crippen LogP contribution is -2.28. The van der Waals surface area contributed by atoms with Crippen molar-refractivity contribution in [2.24, 2.45) is 0 Å². The second-order valence-corrected chi connectivity index (χ2v) is 4.63. The van der Waals surface area contributed by atoms with Gasteiger partial charge in [-0.05, 0) is 43.4 Å². The van der Waals surface area contributed by atoms with E-state index < -0.39 is 0 Å². The molecule has 0 spiro atoms. The van der Waals surface area contributed by atoms with Gasteiger partial charge in [0.25, 0.3) is 0 Å². The molecule has 1 unspecified atom stereocenters. The third-order valence-corrected chi connectivity index (χ3v) is 3.43. The summed E-state index contributed by atoms with van der Waals surface area (Å²) in [7, 11) is 0. The molecule has 0 aliphatic carbocycles. The normalized spacial score (nSPS) is 12.8. The largest absolute Gasteiger partial charge is 0.310 e. The van der Waals surface area contributed by atoms with E-state index in [-0.39, 0.29) is 0 Å². The molecule has 0 saturated carbocycles. The molecule has 1 N–H and O–H groups in total. The Hall–Kier alpha value is -0.820. The molecule has 1 aromatic rings. The van der Waals surface area contributed by atoms with Crippen molar-refractivity contribution in [3.8, 4) is 0 Å². The highest BCUT2D eigenvalue weighted by Crippen LogP contribution is 2.13. The molecule has 0 heterocycles. The van der Waals surface area contributed by atoms with Gasteiger partial charge in [-0.1, -0.05) is 38.5 Å². The summed E-state index contributed by atoms with van der Waals surface area (Å²) in [5, 5.41) is 3.65. The molecule has 0 aliphatic rings. The number of hydrogen-bond donors (Lipinski definition) is 1. The molecule has 0 radical (unpaired) electrons. The summed E-state index contributed by atoms with van der Waals surface area (Å²) >= 11 is 0. The zero-order chi connectivity index (χ0) is 12.0. The van der Waals surface area contributed by atoms with E-state index in [0.29, 0.717) is 6.04 Å². The van der Waals surface area contributed by atoms with Crippen LogP contribution in [0.2, 0.25) is 0 Å². The number of nitrogens with one attached hydrogen (secondary N) is 1. The predicted molar refractivity (Wildman–Crippen MR) is 71.7 cm³/mol. The van der Waals surface area contributed by atoms with Crippen LogP contribution >= 0.6 is 0 Å². The zero-order valence-electron chi connectivity index (χ0n) is 11.1. The van der Waals surface area contributed by atoms with Gasteiger partial charge in [0.2, 0.25) is 0 Å². The van der Waals surface area contributed by atoms with Crippen molar-refractivity contribution in [1.82, 2.24) is 5.32 Å². The molecule has 1 aromatic carbocycles. The van der Waals surface area contributed by atoms with Gasteiger partial charge in [0.1, 0.15) is 0 Å². The van der Waals surface area contributed by atoms with Gasteiger partial charge in [-0.15, -0.1) is 0 Å². The van der Waals surface area contributed by atoms with Crippen LogP contribution in [0.1, 0.15) is 49.8 Å². The van der Waals surface area contributed by atoms with Crippen LogP contribution in [0, 0.1) is 13.8 Å². The van der Waals surface area contributed by atoms with Crippen molar-refractivity contribution in [2.75, 3.05) is 0 Å². The van der Waals surface area contributed by atoms with E-state index in [1.807, 2.05) is 0 Å². The summed E-state index contributed by atoms with van der Waals surface area (Å²) in [6.45, 7) is 9.92. The average molecular weight is 219 g/mol. The summed E-state index contributed by atoms with van der Waals surface area (Å²) in [4.78, 5) is 0. The molecule has 0 saturated heterocycles. The lowest BCUT2D eigenvalue weighted by atomic mass is 10.0. The van der Waals surface area contributed by atoms with Gasteiger partial charge in [-0.25, -0.2) is 0 Å². The molecular weight excluding hydrogens is 194 g/mol. The van der Waals surface area contributed by atoms with E-state index in [1.165, 1.54) is 36.0 Å². The molecule has 0 fully saturated rings. The van der Waals surface area contributed by atoms with Gasteiger partial charge >= 0.3 is 0 Å². The standard InChI is InChI=1S/C15H25N/c1-5-8-15(6-2)16-11-14-10-7-9-12(3)13(14)4/h7,9-10,15-16H,5-6,8,11H2,1-4H3. The van der Waals surface area contributed by atoms with Gasteiger partial charge in [0, 0.05) is 12.6 Å². The topological polar surface area (TPSA) is 12.0 Å². The molecule has 1 atom stereocenters. The summed E-state index contributed by atoms with van der Waals surface area (Å²) in [5.41, 5.74) is 4.26. The molecule has 1 heteroatoms. The van der Waals surface area contributed by atoms with Crippen LogP contribution in [0.4, 0.5) is 0 Å². The highest BCUT2D eigenvalue weighted by molar-refractivity contribution is 5.32. The molecule has 1 rings (SSSR count). The Bertz CT molecular complexity index is 317. The van der Waals surface area contributed by atoms with E-state index in [2.05, 4.69) is 51.2 Å². The van der Waals surface area contributed by atoms with E-state index >= 15 is 0 Å². The SMILES string of the molecule is CCCC(CC)NCc1cccc(C)c1C. The Morgan fingerprint density at radius 2 is 1.94 bits per heavy atom. The molecule has 0 bridgehead atoms. The maximum atomic E-state index is 3.65. The first-order valence-electron chi connectivity index (χ1n) is 6.47. The van der Waals surface area contributed by atoms with Crippen molar-refractivity contribution >= 4 is 0 Å². The van der Waals surface area contributed by atoms with Crippen LogP contribution in [-0.2, 0) is 6.54 Å². The molecular formula is C15H25N. The van der Waals surface area contributed by atoms with Crippen LogP contribution in [0.15, 0.2) is 18.2 Å². The van der Waals surface area contributed by atoms with Crippen LogP contribution in [0.3, 0.4) is 0 Å². The number of hydrogen-bond acceptors (Lipinski definition) is 1. The van der Waals surface area contributed by atoms with Gasteiger partial charge in [-0.2, -0.15) is 0 Å². The van der Waals surface area contributed by atoms with Crippen LogP contribution in [0.25, 0.3) is 0 Å². The Morgan fingerprint density at radius 3 is 2.56 bits per heavy atom. The molecule has 0 aromatic heterocycles. The monoisotopic (exact) mass is 219 g/mol. The molecule has 16 heavy (non-hydrogen) atoms. The second-order valence-electron chi connectivity index (χ2n) is 4.63. The Morgan fingerprint density at radius 1 is 1.19 bits per heavy atom. The van der Waals surface area contributed by atoms with Gasteiger partial charge in [0.05, 0.1) is 0 Å². The molecule has 1 nitrogen and oxygen atoms in total. The minimum absolute atomic E-state index is 0.671. The Labute approximate surface area is 100 Å². The Kier molecular flexibility index (Phi) is 5.54. The fourth-order valence-electron chi connectivity index (χ4n) is 2.06. The van der Waals surface area contributed by atoms with Crippen LogP contribution < -0.4 is 5.32 Å². The predicted octanol–water partition coefficient (Wildman–Crippen LogP) is 3.97. The van der Waals surface area contributed by atoms with E-state index in [4.69, 9.17) is 0 Å². The number of benzene rings is 1. The van der Waals surface area contributed by atoms with Crippen molar-refractivity contribution in [3.63, 3.8) is 0 Å². The summed E-state index contributed by atoms with van der Waals surface area (Å²) in [5.74, 6) is 0. The maximum absolute atomic E-state index is 3.65. The summed E-state index contributed by atoms with van der Waals surface area (Å²) < 4.78 is 0. The highest BCUT2D eigenvalue weighted by Gasteiger charge is 2.05. The smallest absolute Gasteiger partial charge is 0.0210 e. The number of aryl methyl sites for hydroxylation is 1. The summed E-state index contributed by atoms with van der Waals surface area (Å²) in [6.07, 6.45) is 3.76. The van der Waals surface area contributed by atoms with Gasteiger partial charge in [-0.3, -0.25) is 0 Å². The molecule has 0 aliphatic heterocycles. The first-order chi connectivity index (χ1) is 7.69. The molecule has 0 amide bonds. The first kappa shape index (κ1) is 13.2. The second kappa shape index (κ2) is 6.70. The Balaban J connectivity index is 2.56. The van der Waals surface area contributed by atoms with Crippen LogP contribution in [-0.4, -0.2) is 6.04 Å². The fraction of sp³-hybridized carbons (Fsp3) is 0.600. The number of rotatable bonds is 6. The third kappa shape index (κ3) is 3.64. The third-order valence-electron chi connectivity index (χ3n) is 3.43. The van der Waals surface area contributed by atoms with Crippen molar-refractivity contribution in [2.45, 2.75) is 59.5 Å². The first-order valence-corrected chi connectivity index (χ1v) is 6.47. The van der Waals surface area contributed by atoms with Crippen molar-refractivity contribution in [3.05, 3.63) is 34.9 Å².